The Morgan fingerprint density at radius 2 is 2.09 bits per heavy atom. The first-order chi connectivity index (χ1) is 10.5. The molecule has 0 radical (unpaired) electrons. The summed E-state index contributed by atoms with van der Waals surface area (Å²) in [5.74, 6) is -0.296. The summed E-state index contributed by atoms with van der Waals surface area (Å²) in [6.07, 6.45) is 0. The number of esters is 1. The zero-order chi connectivity index (χ0) is 15.9. The predicted octanol–water partition coefficient (Wildman–Crippen LogP) is 4.42. The first-order valence-corrected chi connectivity index (χ1v) is 7.73. The second-order valence-electron chi connectivity index (χ2n) is 4.79. The second-order valence-corrected chi connectivity index (χ2v) is 6.11. The summed E-state index contributed by atoms with van der Waals surface area (Å²) in [6, 6.07) is 6.74. The molecule has 3 aromatic rings. The Hall–Kier alpha value is -2.11. The molecule has 0 fully saturated rings. The van der Waals surface area contributed by atoms with Crippen LogP contribution in [0.2, 0.25) is 5.02 Å². The number of phenols is 1. The molecule has 112 valence electrons. The summed E-state index contributed by atoms with van der Waals surface area (Å²) in [5.41, 5.74) is 3.15. The minimum atomic E-state index is -0.425. The molecule has 0 aliphatic rings. The average Bonchev–Trinajstić information content (AvgIpc) is 2.91. The third kappa shape index (κ3) is 2.42. The van der Waals surface area contributed by atoms with Crippen LogP contribution in [-0.2, 0) is 4.74 Å². The van der Waals surface area contributed by atoms with Crippen LogP contribution in [0.5, 0.6) is 5.75 Å². The summed E-state index contributed by atoms with van der Waals surface area (Å²) in [7, 11) is 1.34. The van der Waals surface area contributed by atoms with E-state index in [9.17, 15) is 9.90 Å². The molecule has 0 aliphatic heterocycles. The van der Waals surface area contributed by atoms with Crippen LogP contribution in [-0.4, -0.2) is 23.2 Å². The molecule has 0 unspecified atom stereocenters. The number of hydrogen-bond donors (Lipinski definition) is 1. The van der Waals surface area contributed by atoms with Gasteiger partial charge >= 0.3 is 5.97 Å². The van der Waals surface area contributed by atoms with Gasteiger partial charge in [0, 0.05) is 27.2 Å². The maximum atomic E-state index is 11.8. The van der Waals surface area contributed by atoms with Crippen LogP contribution >= 0.6 is 22.9 Å². The van der Waals surface area contributed by atoms with Crippen LogP contribution < -0.4 is 0 Å². The number of fused-ring (bicyclic) bond motifs is 1. The number of aromatic hydroxyl groups is 1. The number of phenolic OH excluding ortho intramolecular Hbond substituents is 1. The number of carbonyl (C=O) groups is 1. The summed E-state index contributed by atoms with van der Waals surface area (Å²) in [4.78, 5) is 16.3. The molecule has 0 amide bonds. The molecule has 0 saturated heterocycles. The van der Waals surface area contributed by atoms with E-state index in [-0.39, 0.29) is 5.75 Å². The number of thiophene rings is 1. The van der Waals surface area contributed by atoms with Crippen LogP contribution in [0.3, 0.4) is 0 Å². The van der Waals surface area contributed by atoms with Crippen molar-refractivity contribution < 1.29 is 14.6 Å². The Kier molecular flexibility index (Phi) is 3.76. The molecule has 0 saturated carbocycles. The number of benzene rings is 1. The SMILES string of the molecule is COC(=O)c1csc2c(-c3cc(Cl)ccc3O)cc(C)nc12. The fourth-order valence-electron chi connectivity index (χ4n) is 2.32. The summed E-state index contributed by atoms with van der Waals surface area (Å²) >= 11 is 7.42. The summed E-state index contributed by atoms with van der Waals surface area (Å²) in [6.45, 7) is 1.84. The Bertz CT molecular complexity index is 888. The number of halogens is 1. The van der Waals surface area contributed by atoms with Gasteiger partial charge in [0.1, 0.15) is 5.75 Å². The molecule has 2 aromatic heterocycles. The van der Waals surface area contributed by atoms with Gasteiger partial charge in [-0.1, -0.05) is 11.6 Å². The van der Waals surface area contributed by atoms with Crippen molar-refractivity contribution in [1.29, 1.82) is 0 Å². The van der Waals surface area contributed by atoms with Gasteiger partial charge in [-0.3, -0.25) is 4.98 Å². The van der Waals surface area contributed by atoms with Crippen molar-refractivity contribution in [3.8, 4) is 16.9 Å². The quantitative estimate of drug-likeness (QED) is 0.705. The maximum absolute atomic E-state index is 11.8. The Morgan fingerprint density at radius 1 is 1.32 bits per heavy atom. The van der Waals surface area contributed by atoms with Crippen LogP contribution in [0.4, 0.5) is 0 Å². The van der Waals surface area contributed by atoms with Gasteiger partial charge in [0.25, 0.3) is 0 Å². The number of pyridine rings is 1. The molecule has 1 N–H and O–H groups in total. The number of nitrogens with zero attached hydrogens (tertiary/aromatic N) is 1. The summed E-state index contributed by atoms with van der Waals surface area (Å²) < 4.78 is 5.60. The molecule has 0 spiro atoms. The van der Waals surface area contributed by atoms with Gasteiger partial charge in [-0.25, -0.2) is 4.79 Å². The van der Waals surface area contributed by atoms with Crippen LogP contribution in [0, 0.1) is 6.92 Å². The van der Waals surface area contributed by atoms with Crippen molar-refractivity contribution in [1.82, 2.24) is 4.98 Å². The number of carbonyl (C=O) groups excluding carboxylic acids is 1. The van der Waals surface area contributed by atoms with E-state index in [1.807, 2.05) is 13.0 Å². The van der Waals surface area contributed by atoms with Crippen molar-refractivity contribution in [3.05, 3.63) is 45.9 Å². The normalized spacial score (nSPS) is 10.9. The Balaban J connectivity index is 2.33. The number of methoxy groups -OCH3 is 1. The van der Waals surface area contributed by atoms with Gasteiger partial charge in [0.15, 0.2) is 0 Å². The van der Waals surface area contributed by atoms with Crippen LogP contribution in [0.25, 0.3) is 21.3 Å². The van der Waals surface area contributed by atoms with Crippen molar-refractivity contribution in [2.24, 2.45) is 0 Å². The average molecular weight is 334 g/mol. The molecule has 3 rings (SSSR count). The van der Waals surface area contributed by atoms with E-state index in [4.69, 9.17) is 16.3 Å². The van der Waals surface area contributed by atoms with E-state index in [1.165, 1.54) is 18.4 Å². The highest BCUT2D eigenvalue weighted by molar-refractivity contribution is 7.18. The van der Waals surface area contributed by atoms with Gasteiger partial charge in [0.05, 0.1) is 22.9 Å². The highest BCUT2D eigenvalue weighted by Crippen LogP contribution is 2.39. The van der Waals surface area contributed by atoms with E-state index in [2.05, 4.69) is 4.98 Å². The fourth-order valence-corrected chi connectivity index (χ4v) is 3.49. The Morgan fingerprint density at radius 3 is 2.82 bits per heavy atom. The number of aryl methyl sites for hydroxylation is 1. The van der Waals surface area contributed by atoms with Crippen molar-refractivity contribution >= 4 is 39.1 Å². The molecular formula is C16H12ClNO3S. The molecule has 2 heterocycles. The first-order valence-electron chi connectivity index (χ1n) is 6.47. The molecule has 0 bridgehead atoms. The highest BCUT2D eigenvalue weighted by atomic mass is 35.5. The van der Waals surface area contributed by atoms with Gasteiger partial charge in [-0.2, -0.15) is 0 Å². The lowest BCUT2D eigenvalue weighted by molar-refractivity contribution is 0.0603. The third-order valence-electron chi connectivity index (χ3n) is 3.30. The van der Waals surface area contributed by atoms with E-state index in [0.717, 1.165) is 16.0 Å². The van der Waals surface area contributed by atoms with E-state index in [1.54, 1.807) is 23.6 Å². The van der Waals surface area contributed by atoms with Gasteiger partial charge in [0.2, 0.25) is 0 Å². The highest BCUT2D eigenvalue weighted by Gasteiger charge is 2.19. The van der Waals surface area contributed by atoms with Crippen molar-refractivity contribution in [2.75, 3.05) is 7.11 Å². The first kappa shape index (κ1) is 14.8. The standard InChI is InChI=1S/C16H12ClNO3S/c1-8-5-11(10-6-9(17)3-4-13(10)19)15-14(18-8)12(7-22-15)16(20)21-2/h3-7,19H,1-2H3. The van der Waals surface area contributed by atoms with Gasteiger partial charge in [-0.15, -0.1) is 11.3 Å². The predicted molar refractivity (Wildman–Crippen MR) is 87.8 cm³/mol. The number of ether oxygens (including phenoxy) is 1. The lowest BCUT2D eigenvalue weighted by Crippen LogP contribution is -2.00. The lowest BCUT2D eigenvalue weighted by atomic mass is 10.0. The van der Waals surface area contributed by atoms with E-state index in [0.29, 0.717) is 21.7 Å². The number of aromatic nitrogens is 1. The number of rotatable bonds is 2. The van der Waals surface area contributed by atoms with Gasteiger partial charge < -0.3 is 9.84 Å². The lowest BCUT2D eigenvalue weighted by Gasteiger charge is -2.08. The molecule has 6 heteroatoms. The second kappa shape index (κ2) is 5.59. The largest absolute Gasteiger partial charge is 0.507 e. The van der Waals surface area contributed by atoms with Gasteiger partial charge in [-0.05, 0) is 31.2 Å². The van der Waals surface area contributed by atoms with E-state index >= 15 is 0 Å². The zero-order valence-electron chi connectivity index (χ0n) is 11.9. The Labute approximate surface area is 135 Å². The maximum Gasteiger partial charge on any atom is 0.340 e. The smallest absolute Gasteiger partial charge is 0.340 e. The molecule has 0 aliphatic carbocycles. The van der Waals surface area contributed by atoms with Crippen LogP contribution in [0.15, 0.2) is 29.6 Å². The van der Waals surface area contributed by atoms with E-state index < -0.39 is 5.97 Å². The minimum Gasteiger partial charge on any atom is -0.507 e. The minimum absolute atomic E-state index is 0.129. The molecular weight excluding hydrogens is 322 g/mol. The number of hydrogen-bond acceptors (Lipinski definition) is 5. The van der Waals surface area contributed by atoms with Crippen molar-refractivity contribution in [2.45, 2.75) is 6.92 Å². The molecule has 4 nitrogen and oxygen atoms in total. The topological polar surface area (TPSA) is 59.4 Å². The fraction of sp³-hybridized carbons (Fsp3) is 0.125. The molecule has 22 heavy (non-hydrogen) atoms. The van der Waals surface area contributed by atoms with Crippen molar-refractivity contribution in [3.63, 3.8) is 0 Å². The third-order valence-corrected chi connectivity index (χ3v) is 4.54. The monoisotopic (exact) mass is 333 g/mol. The molecule has 1 aromatic carbocycles. The zero-order valence-corrected chi connectivity index (χ0v) is 13.5. The summed E-state index contributed by atoms with van der Waals surface area (Å²) in [5, 5.41) is 12.4. The molecule has 0 atom stereocenters. The van der Waals surface area contributed by atoms with Crippen LogP contribution in [0.1, 0.15) is 16.1 Å².